The van der Waals surface area contributed by atoms with Crippen LogP contribution in [0.2, 0.25) is 10.0 Å². The molecule has 2 aromatic rings. The number of ether oxygens (including phenoxy) is 1. The molecule has 11 heteroatoms. The first-order valence-electron chi connectivity index (χ1n) is 8.54. The van der Waals surface area contributed by atoms with Crippen LogP contribution in [0.1, 0.15) is 16.1 Å². The summed E-state index contributed by atoms with van der Waals surface area (Å²) in [6.07, 6.45) is 1.56. The number of carbonyl (C=O) groups is 3. The molecular formula is C17H15Cl2N5O4. The number of hydrogen-bond donors (Lipinski definition) is 0. The van der Waals surface area contributed by atoms with Crippen molar-refractivity contribution in [2.24, 2.45) is 0 Å². The third-order valence-electron chi connectivity index (χ3n) is 4.58. The third-order valence-corrected chi connectivity index (χ3v) is 5.20. The molecule has 2 aliphatic heterocycles. The van der Waals surface area contributed by atoms with Gasteiger partial charge in [0.15, 0.2) is 0 Å². The van der Waals surface area contributed by atoms with Gasteiger partial charge in [0.2, 0.25) is 5.91 Å². The molecule has 2 aliphatic rings. The van der Waals surface area contributed by atoms with E-state index in [4.69, 9.17) is 27.9 Å². The van der Waals surface area contributed by atoms with Gasteiger partial charge < -0.3 is 9.64 Å². The normalized spacial score (nSPS) is 16.6. The summed E-state index contributed by atoms with van der Waals surface area (Å²) in [5, 5.41) is 8.35. The van der Waals surface area contributed by atoms with E-state index in [2.05, 4.69) is 10.3 Å². The summed E-state index contributed by atoms with van der Waals surface area (Å²) in [5.41, 5.74) is 0.775. The number of aromatic nitrogens is 3. The van der Waals surface area contributed by atoms with Gasteiger partial charge in [0.1, 0.15) is 12.2 Å². The fourth-order valence-corrected chi connectivity index (χ4v) is 3.70. The first-order valence-corrected chi connectivity index (χ1v) is 9.30. The number of amides is 2. The second kappa shape index (κ2) is 7.50. The van der Waals surface area contributed by atoms with Gasteiger partial charge in [-0.2, -0.15) is 0 Å². The average molecular weight is 424 g/mol. The van der Waals surface area contributed by atoms with Gasteiger partial charge in [-0.25, -0.2) is 4.68 Å². The molecular weight excluding hydrogens is 409 g/mol. The van der Waals surface area contributed by atoms with Crippen molar-refractivity contribution in [1.82, 2.24) is 19.9 Å². The van der Waals surface area contributed by atoms with E-state index in [1.165, 1.54) is 21.7 Å². The van der Waals surface area contributed by atoms with Gasteiger partial charge in [-0.1, -0.05) is 28.4 Å². The van der Waals surface area contributed by atoms with E-state index in [1.807, 2.05) is 0 Å². The van der Waals surface area contributed by atoms with Gasteiger partial charge in [-0.15, -0.1) is 5.10 Å². The number of benzene rings is 1. The molecule has 3 heterocycles. The van der Waals surface area contributed by atoms with E-state index in [0.717, 1.165) is 0 Å². The Morgan fingerprint density at radius 2 is 1.86 bits per heavy atom. The SMILES string of the molecule is O=C1C(=O)N(Cc2cn(CC(=O)N3CCOCC3)nn2)c2c(Cl)ccc(Cl)c21. The van der Waals surface area contributed by atoms with Gasteiger partial charge in [-0.3, -0.25) is 19.3 Å². The van der Waals surface area contributed by atoms with Gasteiger partial charge in [0.05, 0.1) is 47.3 Å². The summed E-state index contributed by atoms with van der Waals surface area (Å²) in [6.45, 7) is 2.14. The molecule has 0 radical (unpaired) electrons. The van der Waals surface area contributed by atoms with Crippen molar-refractivity contribution in [3.63, 3.8) is 0 Å². The molecule has 0 atom stereocenters. The van der Waals surface area contributed by atoms with Crippen molar-refractivity contribution in [2.45, 2.75) is 13.1 Å². The maximum absolute atomic E-state index is 12.4. The monoisotopic (exact) mass is 423 g/mol. The summed E-state index contributed by atoms with van der Waals surface area (Å²) in [7, 11) is 0. The highest BCUT2D eigenvalue weighted by Gasteiger charge is 2.39. The predicted octanol–water partition coefficient (Wildman–Crippen LogP) is 1.17. The lowest BCUT2D eigenvalue weighted by molar-refractivity contribution is -0.136. The van der Waals surface area contributed by atoms with Crippen LogP contribution >= 0.6 is 23.2 Å². The molecule has 9 nitrogen and oxygen atoms in total. The molecule has 28 heavy (non-hydrogen) atoms. The zero-order valence-corrected chi connectivity index (χ0v) is 16.1. The number of fused-ring (bicyclic) bond motifs is 1. The minimum atomic E-state index is -0.732. The van der Waals surface area contributed by atoms with Crippen molar-refractivity contribution in [2.75, 3.05) is 31.2 Å². The Kier molecular flexibility index (Phi) is 5.05. The summed E-state index contributed by atoms with van der Waals surface area (Å²) in [6, 6.07) is 3.00. The fraction of sp³-hybridized carbons (Fsp3) is 0.353. The number of nitrogens with zero attached hydrogens (tertiary/aromatic N) is 5. The van der Waals surface area contributed by atoms with Crippen LogP contribution in [0.4, 0.5) is 5.69 Å². The van der Waals surface area contributed by atoms with E-state index in [-0.39, 0.29) is 40.3 Å². The Bertz CT molecular complexity index is 970. The maximum Gasteiger partial charge on any atom is 0.299 e. The smallest absolute Gasteiger partial charge is 0.299 e. The van der Waals surface area contributed by atoms with Crippen LogP contribution in [0.5, 0.6) is 0 Å². The molecule has 2 amide bonds. The van der Waals surface area contributed by atoms with Crippen molar-refractivity contribution >= 4 is 46.5 Å². The lowest BCUT2D eigenvalue weighted by Crippen LogP contribution is -2.42. The van der Waals surface area contributed by atoms with Gasteiger partial charge in [-0.05, 0) is 12.1 Å². The lowest BCUT2D eigenvalue weighted by atomic mass is 10.1. The maximum atomic E-state index is 12.4. The first kappa shape index (κ1) is 18.9. The minimum absolute atomic E-state index is 0.0105. The van der Waals surface area contributed by atoms with Gasteiger partial charge in [0, 0.05) is 13.1 Å². The lowest BCUT2D eigenvalue weighted by Gasteiger charge is -2.26. The van der Waals surface area contributed by atoms with Crippen LogP contribution in [0.3, 0.4) is 0 Å². The number of hydrogen-bond acceptors (Lipinski definition) is 6. The Balaban J connectivity index is 1.50. The molecule has 146 valence electrons. The molecule has 1 fully saturated rings. The third kappa shape index (κ3) is 3.36. The minimum Gasteiger partial charge on any atom is -0.378 e. The highest BCUT2D eigenvalue weighted by molar-refractivity contribution is 6.56. The topological polar surface area (TPSA) is 97.6 Å². The number of halogens is 2. The Morgan fingerprint density at radius 1 is 1.14 bits per heavy atom. The number of anilines is 1. The molecule has 0 spiro atoms. The number of carbonyl (C=O) groups excluding carboxylic acids is 3. The van der Waals surface area contributed by atoms with Crippen molar-refractivity contribution in [3.8, 4) is 0 Å². The molecule has 0 N–H and O–H groups in total. The van der Waals surface area contributed by atoms with Crippen LogP contribution in [-0.2, 0) is 27.4 Å². The molecule has 1 aromatic carbocycles. The summed E-state index contributed by atoms with van der Waals surface area (Å²) >= 11 is 12.3. The fourth-order valence-electron chi connectivity index (χ4n) is 3.20. The Morgan fingerprint density at radius 3 is 2.61 bits per heavy atom. The number of morpholine rings is 1. The van der Waals surface area contributed by atoms with Gasteiger partial charge in [0.25, 0.3) is 11.7 Å². The summed E-state index contributed by atoms with van der Waals surface area (Å²) < 4.78 is 6.63. The Hall–Kier alpha value is -2.49. The van der Waals surface area contributed by atoms with E-state index < -0.39 is 11.7 Å². The zero-order chi connectivity index (χ0) is 19.8. The van der Waals surface area contributed by atoms with Crippen LogP contribution in [0, 0.1) is 0 Å². The molecule has 0 bridgehead atoms. The van der Waals surface area contributed by atoms with Crippen LogP contribution in [0.25, 0.3) is 0 Å². The van der Waals surface area contributed by atoms with E-state index in [0.29, 0.717) is 32.0 Å². The van der Waals surface area contributed by atoms with Crippen molar-refractivity contribution < 1.29 is 19.1 Å². The molecule has 0 aliphatic carbocycles. The number of ketones is 1. The summed E-state index contributed by atoms with van der Waals surface area (Å²) in [4.78, 5) is 39.9. The summed E-state index contributed by atoms with van der Waals surface area (Å²) in [5.74, 6) is -1.53. The number of rotatable bonds is 4. The molecule has 0 unspecified atom stereocenters. The van der Waals surface area contributed by atoms with Crippen molar-refractivity contribution in [3.05, 3.63) is 39.6 Å². The molecule has 1 saturated heterocycles. The average Bonchev–Trinajstić information content (AvgIpc) is 3.24. The second-order valence-electron chi connectivity index (χ2n) is 6.37. The van der Waals surface area contributed by atoms with Crippen molar-refractivity contribution in [1.29, 1.82) is 0 Å². The first-order chi connectivity index (χ1) is 13.5. The standard InChI is InChI=1S/C17H15Cl2N5O4/c18-11-1-2-12(19)15-14(11)16(26)17(27)24(15)8-10-7-23(21-20-10)9-13(25)22-3-5-28-6-4-22/h1-2,7H,3-6,8-9H2. The van der Waals surface area contributed by atoms with Gasteiger partial charge >= 0.3 is 0 Å². The molecule has 1 aromatic heterocycles. The van der Waals surface area contributed by atoms with E-state index >= 15 is 0 Å². The predicted molar refractivity (Wildman–Crippen MR) is 99.4 cm³/mol. The highest BCUT2D eigenvalue weighted by atomic mass is 35.5. The number of Topliss-reactive ketones (excluding diaryl/α,β-unsaturated/α-hetero) is 1. The van der Waals surface area contributed by atoms with E-state index in [1.54, 1.807) is 11.1 Å². The molecule has 0 saturated carbocycles. The largest absolute Gasteiger partial charge is 0.378 e. The van der Waals surface area contributed by atoms with Crippen LogP contribution in [-0.4, -0.2) is 63.8 Å². The second-order valence-corrected chi connectivity index (χ2v) is 7.19. The highest BCUT2D eigenvalue weighted by Crippen LogP contribution is 2.40. The zero-order valence-electron chi connectivity index (χ0n) is 14.6. The molecule has 4 rings (SSSR count). The Labute approximate surface area is 169 Å². The van der Waals surface area contributed by atoms with Crippen LogP contribution in [0.15, 0.2) is 18.3 Å². The van der Waals surface area contributed by atoms with E-state index in [9.17, 15) is 14.4 Å². The van der Waals surface area contributed by atoms with Crippen LogP contribution < -0.4 is 4.90 Å². The quantitative estimate of drug-likeness (QED) is 0.684.